The van der Waals surface area contributed by atoms with E-state index in [9.17, 15) is 9.59 Å². The van der Waals surface area contributed by atoms with E-state index in [1.54, 1.807) is 4.90 Å². The van der Waals surface area contributed by atoms with E-state index >= 15 is 0 Å². The van der Waals surface area contributed by atoms with Gasteiger partial charge < -0.3 is 19.8 Å². The highest BCUT2D eigenvalue weighted by atomic mass is 35.5. The van der Waals surface area contributed by atoms with Gasteiger partial charge in [-0.2, -0.15) is 0 Å². The molecular weight excluding hydrogens is 412 g/mol. The Morgan fingerprint density at radius 1 is 1.19 bits per heavy atom. The number of carbonyl (C=O) groups excluding carboxylic acids is 2. The van der Waals surface area contributed by atoms with E-state index < -0.39 is 5.54 Å². The summed E-state index contributed by atoms with van der Waals surface area (Å²) in [5.74, 6) is -0.211. The lowest BCUT2D eigenvalue weighted by molar-refractivity contribution is -0.134. The van der Waals surface area contributed by atoms with Gasteiger partial charge in [0.2, 0.25) is 5.91 Å². The van der Waals surface area contributed by atoms with Crippen molar-refractivity contribution in [1.82, 2.24) is 19.8 Å². The van der Waals surface area contributed by atoms with E-state index in [1.807, 2.05) is 54.1 Å². The first kappa shape index (κ1) is 20.2. The summed E-state index contributed by atoms with van der Waals surface area (Å²) < 4.78 is 1.98. The van der Waals surface area contributed by atoms with Gasteiger partial charge in [-0.3, -0.25) is 9.59 Å². The lowest BCUT2D eigenvalue weighted by Crippen LogP contribution is -2.64. The van der Waals surface area contributed by atoms with Gasteiger partial charge in [-0.25, -0.2) is 0 Å². The molecule has 0 spiro atoms. The maximum Gasteiger partial charge on any atom is 0.271 e. The molecule has 0 radical (unpaired) electrons. The van der Waals surface area contributed by atoms with Crippen LogP contribution in [0.2, 0.25) is 5.02 Å². The van der Waals surface area contributed by atoms with E-state index in [2.05, 4.69) is 10.3 Å². The lowest BCUT2D eigenvalue weighted by atomic mass is 9.91. The van der Waals surface area contributed by atoms with Crippen LogP contribution in [0.15, 0.2) is 42.6 Å². The van der Waals surface area contributed by atoms with Crippen molar-refractivity contribution >= 4 is 34.4 Å². The molecule has 0 saturated heterocycles. The molecule has 1 aromatic carbocycles. The highest BCUT2D eigenvalue weighted by Crippen LogP contribution is 2.34. The van der Waals surface area contributed by atoms with Crippen molar-refractivity contribution in [3.63, 3.8) is 0 Å². The zero-order valence-electron chi connectivity index (χ0n) is 17.7. The van der Waals surface area contributed by atoms with Crippen molar-refractivity contribution in [1.29, 1.82) is 0 Å². The van der Waals surface area contributed by atoms with Crippen molar-refractivity contribution < 1.29 is 9.59 Å². The summed E-state index contributed by atoms with van der Waals surface area (Å²) in [7, 11) is 0. The molecule has 6 nitrogen and oxygen atoms in total. The molecule has 3 heterocycles. The standard InChI is InChI=1S/C24H27ClN4O2/c1-24(23(31)27-18-5-3-2-4-6-18)15-28-20-11-12-26-19(20)13-21(28)22(30)29(24)14-16-7-9-17(25)10-8-16/h7-13,18,26H,2-6,14-15H2,1H3,(H,27,31). The van der Waals surface area contributed by atoms with Gasteiger partial charge in [0.05, 0.1) is 17.6 Å². The van der Waals surface area contributed by atoms with E-state index in [0.29, 0.717) is 23.8 Å². The molecule has 2 N–H and O–H groups in total. The Morgan fingerprint density at radius 2 is 1.94 bits per heavy atom. The van der Waals surface area contributed by atoms with Gasteiger partial charge in [0.1, 0.15) is 11.2 Å². The number of rotatable bonds is 4. The first-order valence-electron chi connectivity index (χ1n) is 11.0. The summed E-state index contributed by atoms with van der Waals surface area (Å²) in [6, 6.07) is 11.5. The predicted molar refractivity (Wildman–Crippen MR) is 121 cm³/mol. The van der Waals surface area contributed by atoms with Crippen molar-refractivity contribution in [2.75, 3.05) is 0 Å². The first-order valence-corrected chi connectivity index (χ1v) is 11.4. The number of aromatic nitrogens is 2. The molecular formula is C24H27ClN4O2. The molecule has 2 aromatic heterocycles. The van der Waals surface area contributed by atoms with E-state index in [1.165, 1.54) is 6.42 Å². The van der Waals surface area contributed by atoms with Crippen molar-refractivity contribution in [3.05, 3.63) is 58.9 Å². The number of hydrogen-bond acceptors (Lipinski definition) is 2. The second-order valence-corrected chi connectivity index (χ2v) is 9.43. The Labute approximate surface area is 186 Å². The Kier molecular flexibility index (Phi) is 5.05. The maximum atomic E-state index is 13.7. The zero-order chi connectivity index (χ0) is 21.6. The van der Waals surface area contributed by atoms with Crippen LogP contribution in [0.5, 0.6) is 0 Å². The molecule has 1 fully saturated rings. The fraction of sp³-hybridized carbons (Fsp3) is 0.417. The van der Waals surface area contributed by atoms with Crippen molar-refractivity contribution in [2.45, 2.75) is 63.7 Å². The number of nitrogens with one attached hydrogen (secondary N) is 2. The topological polar surface area (TPSA) is 70.1 Å². The van der Waals surface area contributed by atoms with Gasteiger partial charge in [0.15, 0.2) is 0 Å². The number of fused-ring (bicyclic) bond motifs is 3. The van der Waals surface area contributed by atoms with Crippen LogP contribution in [0.1, 0.15) is 55.1 Å². The van der Waals surface area contributed by atoms with Crippen LogP contribution in [0.3, 0.4) is 0 Å². The normalized spacial score (nSPS) is 22.0. The summed E-state index contributed by atoms with van der Waals surface area (Å²) in [6.07, 6.45) is 7.38. The van der Waals surface area contributed by atoms with Crippen LogP contribution in [0.4, 0.5) is 0 Å². The van der Waals surface area contributed by atoms with Crippen LogP contribution < -0.4 is 5.32 Å². The molecule has 2 aliphatic rings. The van der Waals surface area contributed by atoms with Gasteiger partial charge in [-0.15, -0.1) is 0 Å². The Hall–Kier alpha value is -2.73. The van der Waals surface area contributed by atoms with Gasteiger partial charge in [0, 0.05) is 23.8 Å². The largest absolute Gasteiger partial charge is 0.360 e. The molecule has 162 valence electrons. The van der Waals surface area contributed by atoms with Crippen LogP contribution in [-0.2, 0) is 17.9 Å². The second kappa shape index (κ2) is 7.75. The highest BCUT2D eigenvalue weighted by Gasteiger charge is 2.48. The minimum atomic E-state index is -0.996. The van der Waals surface area contributed by atoms with Crippen molar-refractivity contribution in [3.8, 4) is 0 Å². The average Bonchev–Trinajstić information content (AvgIpc) is 3.36. The minimum Gasteiger partial charge on any atom is -0.360 e. The molecule has 1 aliphatic heterocycles. The molecule has 1 unspecified atom stereocenters. The van der Waals surface area contributed by atoms with E-state index in [4.69, 9.17) is 11.6 Å². The second-order valence-electron chi connectivity index (χ2n) is 8.99. The van der Waals surface area contributed by atoms with Crippen LogP contribution >= 0.6 is 11.6 Å². The number of amides is 2. The Morgan fingerprint density at radius 3 is 2.68 bits per heavy atom. The molecule has 0 bridgehead atoms. The zero-order valence-corrected chi connectivity index (χ0v) is 18.4. The highest BCUT2D eigenvalue weighted by molar-refractivity contribution is 6.30. The Balaban J connectivity index is 1.52. The summed E-state index contributed by atoms with van der Waals surface area (Å²) in [4.78, 5) is 32.2. The number of benzene rings is 1. The minimum absolute atomic E-state index is 0.0789. The third-order valence-electron chi connectivity index (χ3n) is 6.83. The lowest BCUT2D eigenvalue weighted by Gasteiger charge is -2.45. The molecule has 5 rings (SSSR count). The number of halogens is 1. The van der Waals surface area contributed by atoms with Gasteiger partial charge in [-0.1, -0.05) is 43.0 Å². The Bertz CT molecular complexity index is 1130. The van der Waals surface area contributed by atoms with Gasteiger partial charge in [0.25, 0.3) is 5.91 Å². The smallest absolute Gasteiger partial charge is 0.271 e. The van der Waals surface area contributed by atoms with Crippen LogP contribution in [0.25, 0.3) is 11.0 Å². The summed E-state index contributed by atoms with van der Waals surface area (Å²) in [6.45, 7) is 2.66. The van der Waals surface area contributed by atoms with Crippen LogP contribution in [0, 0.1) is 0 Å². The fourth-order valence-corrected chi connectivity index (χ4v) is 5.10. The number of nitrogens with zero attached hydrogens (tertiary/aromatic N) is 2. The monoisotopic (exact) mass is 438 g/mol. The molecule has 1 saturated carbocycles. The number of carbonyl (C=O) groups is 2. The average molecular weight is 439 g/mol. The molecule has 3 aromatic rings. The molecule has 31 heavy (non-hydrogen) atoms. The van der Waals surface area contributed by atoms with Crippen LogP contribution in [-0.4, -0.2) is 37.8 Å². The molecule has 1 atom stereocenters. The summed E-state index contributed by atoms with van der Waals surface area (Å²) >= 11 is 6.05. The van der Waals surface area contributed by atoms with Crippen molar-refractivity contribution in [2.24, 2.45) is 0 Å². The first-order chi connectivity index (χ1) is 15.0. The molecule has 7 heteroatoms. The summed E-state index contributed by atoms with van der Waals surface area (Å²) in [5, 5.41) is 3.91. The molecule has 2 amide bonds. The number of aromatic amines is 1. The SMILES string of the molecule is CC1(C(=O)NC2CCCCC2)Cn2c(cc3[nH]ccc32)C(=O)N1Cc1ccc(Cl)cc1. The molecule has 1 aliphatic carbocycles. The van der Waals surface area contributed by atoms with Gasteiger partial charge in [-0.05, 0) is 49.6 Å². The quantitative estimate of drug-likeness (QED) is 0.630. The number of H-pyrrole nitrogens is 1. The fourth-order valence-electron chi connectivity index (χ4n) is 4.97. The summed E-state index contributed by atoms with van der Waals surface area (Å²) in [5.41, 5.74) is 2.42. The number of hydrogen-bond donors (Lipinski definition) is 2. The predicted octanol–water partition coefficient (Wildman–Crippen LogP) is 4.49. The third-order valence-corrected chi connectivity index (χ3v) is 7.08. The van der Waals surface area contributed by atoms with E-state index in [0.717, 1.165) is 42.3 Å². The van der Waals surface area contributed by atoms with Gasteiger partial charge >= 0.3 is 0 Å². The third kappa shape index (κ3) is 3.53. The van der Waals surface area contributed by atoms with E-state index in [-0.39, 0.29) is 17.9 Å². The maximum absolute atomic E-state index is 13.7.